The minimum Gasteiger partial charge on any atom is -0.394 e. The molecular weight excluding hydrogens is 360 g/mol. The normalized spacial score (nSPS) is 26.4. The van der Waals surface area contributed by atoms with E-state index in [-0.39, 0.29) is 31.7 Å². The highest BCUT2D eigenvalue weighted by atomic mass is 16.8. The Hall–Kier alpha value is -1.28. The van der Waals surface area contributed by atoms with Crippen LogP contribution >= 0.6 is 0 Å². The summed E-state index contributed by atoms with van der Waals surface area (Å²) in [6.07, 6.45) is 6.20. The molecule has 2 saturated heterocycles. The highest BCUT2D eigenvalue weighted by Crippen LogP contribution is 2.36. The predicted octanol–water partition coefficient (Wildman–Crippen LogP) is 3.04. The van der Waals surface area contributed by atoms with Gasteiger partial charge in [-0.05, 0) is 49.4 Å². The second-order valence-electron chi connectivity index (χ2n) is 7.07. The molecule has 0 unspecified atom stereocenters. The van der Waals surface area contributed by atoms with E-state index < -0.39 is 5.79 Å². The number of aryl methyl sites for hydroxylation is 1. The fourth-order valence-electron chi connectivity index (χ4n) is 3.33. The summed E-state index contributed by atoms with van der Waals surface area (Å²) in [5.74, 6) is -0.589. The predicted molar refractivity (Wildman–Crippen MR) is 108 cm³/mol. The van der Waals surface area contributed by atoms with Crippen LogP contribution in [0.1, 0.15) is 50.8 Å². The first-order valence-corrected chi connectivity index (χ1v) is 10.1. The van der Waals surface area contributed by atoms with E-state index in [1.165, 1.54) is 16.7 Å². The molecule has 3 aliphatic rings. The van der Waals surface area contributed by atoms with Gasteiger partial charge in [0.2, 0.25) is 0 Å². The average Bonchev–Trinajstić information content (AvgIpc) is 3.23. The Morgan fingerprint density at radius 2 is 1.89 bits per heavy atom. The van der Waals surface area contributed by atoms with Crippen molar-refractivity contribution in [2.24, 2.45) is 0 Å². The molecule has 0 saturated carbocycles. The lowest BCUT2D eigenvalue weighted by atomic mass is 9.96. The molecule has 28 heavy (non-hydrogen) atoms. The van der Waals surface area contributed by atoms with E-state index in [1.807, 2.05) is 27.7 Å². The Kier molecular flexibility index (Phi) is 9.08. The molecular formula is C22H34O6. The lowest BCUT2D eigenvalue weighted by molar-refractivity contribution is -0.203. The summed E-state index contributed by atoms with van der Waals surface area (Å²) in [5, 5.41) is 15.2. The molecule has 2 fully saturated rings. The van der Waals surface area contributed by atoms with E-state index in [9.17, 15) is 0 Å². The minimum absolute atomic E-state index is 0.0710. The number of aliphatic hydroxyl groups excluding tert-OH is 2. The van der Waals surface area contributed by atoms with Gasteiger partial charge in [0.15, 0.2) is 12.1 Å². The summed E-state index contributed by atoms with van der Waals surface area (Å²) < 4.78 is 23.2. The van der Waals surface area contributed by atoms with Crippen molar-refractivity contribution in [3.05, 3.63) is 41.0 Å². The number of hydrogen-bond donors (Lipinski definition) is 2. The summed E-state index contributed by atoms with van der Waals surface area (Å²) in [6.45, 7) is 8.65. The fraction of sp³-hybridized carbons (Fsp3) is 0.636. The maximum atomic E-state index is 7.62. The molecule has 2 heterocycles. The standard InChI is InChI=1S/C18H22O4.C2H6O2.C2H6/c1-18(2)21-16-15(11-20-17(16)22-18)19-10-12-7-8-13-5-3-4-6-14(13)9-12;3-1-2-4;1-2/h4,6-9,15-17H,3,5,10-11H2,1-2H3;3-4H,1-2H2;1-2H3/t15-,16-,17-;;/m1../s1. The molecule has 1 aromatic carbocycles. The maximum Gasteiger partial charge on any atom is 0.189 e. The molecule has 158 valence electrons. The number of rotatable bonds is 4. The van der Waals surface area contributed by atoms with E-state index in [0.717, 1.165) is 12.8 Å². The lowest BCUT2D eigenvalue weighted by Gasteiger charge is -2.21. The quantitative estimate of drug-likeness (QED) is 0.817. The van der Waals surface area contributed by atoms with Crippen molar-refractivity contribution in [1.82, 2.24) is 0 Å². The number of hydrogen-bond acceptors (Lipinski definition) is 6. The molecule has 0 bridgehead atoms. The molecule has 0 spiro atoms. The second-order valence-corrected chi connectivity index (χ2v) is 7.07. The second kappa shape index (κ2) is 11.0. The van der Waals surface area contributed by atoms with Crippen molar-refractivity contribution in [2.45, 2.75) is 71.4 Å². The Labute approximate surface area is 168 Å². The van der Waals surface area contributed by atoms with Gasteiger partial charge in [0.1, 0.15) is 12.2 Å². The third-order valence-corrected chi connectivity index (χ3v) is 4.53. The first-order chi connectivity index (χ1) is 13.5. The molecule has 6 heteroatoms. The highest BCUT2D eigenvalue weighted by molar-refractivity contribution is 5.57. The van der Waals surface area contributed by atoms with Crippen LogP contribution in [0, 0.1) is 0 Å². The topological polar surface area (TPSA) is 77.4 Å². The average molecular weight is 395 g/mol. The maximum absolute atomic E-state index is 7.62. The molecule has 4 rings (SSSR count). The van der Waals surface area contributed by atoms with Gasteiger partial charge in [-0.25, -0.2) is 0 Å². The van der Waals surface area contributed by atoms with Gasteiger partial charge in [0, 0.05) is 0 Å². The highest BCUT2D eigenvalue weighted by Gasteiger charge is 2.50. The molecule has 6 nitrogen and oxygen atoms in total. The van der Waals surface area contributed by atoms with Crippen LogP contribution in [0.5, 0.6) is 0 Å². The zero-order valence-electron chi connectivity index (χ0n) is 17.4. The van der Waals surface area contributed by atoms with Crippen LogP contribution in [0.4, 0.5) is 0 Å². The van der Waals surface area contributed by atoms with Crippen molar-refractivity contribution < 1.29 is 29.2 Å². The Morgan fingerprint density at radius 1 is 1.14 bits per heavy atom. The van der Waals surface area contributed by atoms with Gasteiger partial charge in [0.05, 0.1) is 26.4 Å². The van der Waals surface area contributed by atoms with E-state index in [4.69, 9.17) is 29.2 Å². The Bertz CT molecular complexity index is 625. The van der Waals surface area contributed by atoms with Gasteiger partial charge in [-0.1, -0.05) is 38.1 Å². The number of benzene rings is 1. The summed E-state index contributed by atoms with van der Waals surface area (Å²) in [6, 6.07) is 6.58. The van der Waals surface area contributed by atoms with Crippen molar-refractivity contribution in [3.63, 3.8) is 0 Å². The van der Waals surface area contributed by atoms with Crippen LogP contribution in [0.3, 0.4) is 0 Å². The molecule has 2 N–H and O–H groups in total. The monoisotopic (exact) mass is 394 g/mol. The third kappa shape index (κ3) is 6.11. The molecule has 0 amide bonds. The van der Waals surface area contributed by atoms with Gasteiger partial charge in [-0.15, -0.1) is 0 Å². The van der Waals surface area contributed by atoms with Crippen LogP contribution in [-0.4, -0.2) is 54.3 Å². The molecule has 3 atom stereocenters. The van der Waals surface area contributed by atoms with E-state index in [1.54, 1.807) is 0 Å². The first kappa shape index (κ1) is 23.0. The third-order valence-electron chi connectivity index (χ3n) is 4.53. The van der Waals surface area contributed by atoms with Gasteiger partial charge in [-0.3, -0.25) is 0 Å². The number of allylic oxidation sites excluding steroid dienone is 1. The lowest BCUT2D eigenvalue weighted by Crippen LogP contribution is -2.32. The molecule has 2 aliphatic heterocycles. The zero-order chi connectivity index (χ0) is 20.6. The van der Waals surface area contributed by atoms with Crippen molar-refractivity contribution in [2.75, 3.05) is 19.8 Å². The van der Waals surface area contributed by atoms with E-state index in [2.05, 4.69) is 30.4 Å². The van der Waals surface area contributed by atoms with Crippen LogP contribution < -0.4 is 0 Å². The van der Waals surface area contributed by atoms with Gasteiger partial charge < -0.3 is 29.2 Å². The summed E-state index contributed by atoms with van der Waals surface area (Å²) in [7, 11) is 0. The minimum atomic E-state index is -0.589. The van der Waals surface area contributed by atoms with E-state index in [0.29, 0.717) is 13.2 Å². The van der Waals surface area contributed by atoms with Crippen molar-refractivity contribution in [1.29, 1.82) is 0 Å². The fourth-order valence-corrected chi connectivity index (χ4v) is 3.33. The summed E-state index contributed by atoms with van der Waals surface area (Å²) in [4.78, 5) is 0. The molecule has 1 aromatic rings. The van der Waals surface area contributed by atoms with Crippen molar-refractivity contribution >= 4 is 6.08 Å². The molecule has 1 aliphatic carbocycles. The van der Waals surface area contributed by atoms with E-state index >= 15 is 0 Å². The van der Waals surface area contributed by atoms with Crippen LogP contribution in [0.25, 0.3) is 6.08 Å². The largest absolute Gasteiger partial charge is 0.394 e. The van der Waals surface area contributed by atoms with Gasteiger partial charge in [0.25, 0.3) is 0 Å². The van der Waals surface area contributed by atoms with Gasteiger partial charge >= 0.3 is 0 Å². The Morgan fingerprint density at radius 3 is 2.61 bits per heavy atom. The molecule has 0 radical (unpaired) electrons. The summed E-state index contributed by atoms with van der Waals surface area (Å²) >= 11 is 0. The molecule has 0 aromatic heterocycles. The van der Waals surface area contributed by atoms with Crippen LogP contribution in [0.15, 0.2) is 24.3 Å². The zero-order valence-corrected chi connectivity index (χ0v) is 17.4. The van der Waals surface area contributed by atoms with Gasteiger partial charge in [-0.2, -0.15) is 0 Å². The SMILES string of the molecule is CC.CC1(C)O[C@H]2OC[C@@H](OCc3ccc4c(c3)C=CCC4)[C@H]2O1.OCCO. The van der Waals surface area contributed by atoms with Crippen LogP contribution in [-0.2, 0) is 32.0 Å². The van der Waals surface area contributed by atoms with Crippen molar-refractivity contribution in [3.8, 4) is 0 Å². The summed E-state index contributed by atoms with van der Waals surface area (Å²) in [5.41, 5.74) is 3.92. The number of aliphatic hydroxyl groups is 2. The van der Waals surface area contributed by atoms with Crippen LogP contribution in [0.2, 0.25) is 0 Å². The smallest absolute Gasteiger partial charge is 0.189 e. The first-order valence-electron chi connectivity index (χ1n) is 10.1. The number of ether oxygens (including phenoxy) is 4. The number of fused-ring (bicyclic) bond motifs is 2. The Balaban J connectivity index is 0.000000419.